The van der Waals surface area contributed by atoms with E-state index in [1.54, 1.807) is 0 Å². The lowest BCUT2D eigenvalue weighted by atomic mass is 10.1. The monoisotopic (exact) mass is 579 g/mol. The Hall–Kier alpha value is -1.88. The average molecular weight is 580 g/mol. The number of likely N-dealkylation sites (tertiary alicyclic amines) is 1. The Morgan fingerprint density at radius 2 is 1.74 bits per heavy atom. The second-order valence-electron chi connectivity index (χ2n) is 9.15. The minimum atomic E-state index is 0.419. The van der Waals surface area contributed by atoms with E-state index in [0.717, 1.165) is 28.1 Å². The Kier molecular flexibility index (Phi) is 9.43. The summed E-state index contributed by atoms with van der Waals surface area (Å²) in [7, 11) is 0. The summed E-state index contributed by atoms with van der Waals surface area (Å²) in [6, 6.07) is 6.99. The molecular weight excluding hydrogens is 541 g/mol. The van der Waals surface area contributed by atoms with Crippen molar-refractivity contribution in [3.8, 4) is 5.75 Å². The molecule has 0 spiro atoms. The predicted molar refractivity (Wildman–Crippen MR) is 147 cm³/mol. The Morgan fingerprint density at radius 1 is 0.971 bits per heavy atom. The summed E-state index contributed by atoms with van der Waals surface area (Å²) in [5, 5.41) is 10.5. The molecule has 1 aliphatic carbocycles. The Morgan fingerprint density at radius 3 is 2.47 bits per heavy atom. The van der Waals surface area contributed by atoms with Crippen LogP contribution in [0.4, 0.5) is 23.5 Å². The molecule has 2 fully saturated rings. The van der Waals surface area contributed by atoms with Gasteiger partial charge in [-0.3, -0.25) is 4.90 Å². The van der Waals surface area contributed by atoms with Crippen LogP contribution in [0, 0.1) is 3.57 Å². The Labute approximate surface area is 217 Å². The van der Waals surface area contributed by atoms with Crippen molar-refractivity contribution < 1.29 is 4.74 Å². The van der Waals surface area contributed by atoms with Crippen molar-refractivity contribution in [3.05, 3.63) is 21.8 Å². The molecular formula is C25H38IN7O. The van der Waals surface area contributed by atoms with Crippen LogP contribution in [-0.4, -0.2) is 58.2 Å². The summed E-state index contributed by atoms with van der Waals surface area (Å²) < 4.78 is 6.72. The maximum absolute atomic E-state index is 5.67. The third kappa shape index (κ3) is 7.07. The minimum Gasteiger partial charge on any atom is -0.493 e. The molecule has 0 amide bonds. The van der Waals surface area contributed by atoms with Crippen LogP contribution in [0.5, 0.6) is 5.75 Å². The number of hydrogen-bond donors (Lipinski definition) is 3. The molecule has 1 aromatic carbocycles. The van der Waals surface area contributed by atoms with Gasteiger partial charge in [0.25, 0.3) is 0 Å². The molecule has 2 heterocycles. The van der Waals surface area contributed by atoms with Crippen LogP contribution < -0.4 is 20.7 Å². The first-order valence-corrected chi connectivity index (χ1v) is 13.9. The number of nitrogens with zero attached hydrogens (tertiary/aromatic N) is 4. The molecule has 1 aromatic heterocycles. The number of rotatable bonds is 10. The van der Waals surface area contributed by atoms with Gasteiger partial charge >= 0.3 is 0 Å². The molecule has 1 unspecified atom stereocenters. The van der Waals surface area contributed by atoms with Gasteiger partial charge in [-0.05, 0) is 86.5 Å². The van der Waals surface area contributed by atoms with Crippen LogP contribution in [0.2, 0.25) is 0 Å². The van der Waals surface area contributed by atoms with Crippen LogP contribution >= 0.6 is 22.6 Å². The summed E-state index contributed by atoms with van der Waals surface area (Å²) >= 11 is 2.30. The maximum atomic E-state index is 5.67. The van der Waals surface area contributed by atoms with Crippen LogP contribution in [0.1, 0.15) is 65.2 Å². The van der Waals surface area contributed by atoms with Gasteiger partial charge in [-0.25, -0.2) is 0 Å². The van der Waals surface area contributed by atoms with E-state index in [0.29, 0.717) is 36.5 Å². The van der Waals surface area contributed by atoms with Crippen LogP contribution in [0.15, 0.2) is 18.2 Å². The highest BCUT2D eigenvalue weighted by atomic mass is 127. The lowest BCUT2D eigenvalue weighted by molar-refractivity contribution is 0.277. The summed E-state index contributed by atoms with van der Waals surface area (Å²) in [6.45, 7) is 7.99. The number of aromatic nitrogens is 3. The second-order valence-corrected chi connectivity index (χ2v) is 10.3. The van der Waals surface area contributed by atoms with Crippen molar-refractivity contribution >= 4 is 46.1 Å². The highest BCUT2D eigenvalue weighted by molar-refractivity contribution is 14.1. The fourth-order valence-corrected chi connectivity index (χ4v) is 5.58. The molecule has 9 heteroatoms. The van der Waals surface area contributed by atoms with E-state index in [9.17, 15) is 0 Å². The standard InChI is InChI=1S/C25H38IN7O/c1-3-33-15-9-12-20(33)17-27-23-30-24(28-18-10-7-5-6-8-11-18)32-25(31-23)29-19-13-14-22(34-4-2)21(26)16-19/h13-14,16,18,20H,3-12,15,17H2,1-2H3,(H3,27,28,29,30,31,32). The molecule has 0 bridgehead atoms. The van der Waals surface area contributed by atoms with Crippen LogP contribution in [0.3, 0.4) is 0 Å². The first-order chi connectivity index (χ1) is 16.6. The molecule has 2 aliphatic rings. The summed E-state index contributed by atoms with van der Waals surface area (Å²) in [4.78, 5) is 16.7. The van der Waals surface area contributed by atoms with Crippen LogP contribution in [0.25, 0.3) is 0 Å². The molecule has 4 rings (SSSR count). The first-order valence-electron chi connectivity index (χ1n) is 12.8. The van der Waals surface area contributed by atoms with E-state index in [1.165, 1.54) is 57.9 Å². The number of ether oxygens (including phenoxy) is 1. The van der Waals surface area contributed by atoms with E-state index in [4.69, 9.17) is 19.7 Å². The molecule has 0 radical (unpaired) electrons. The van der Waals surface area contributed by atoms with Gasteiger partial charge < -0.3 is 20.7 Å². The van der Waals surface area contributed by atoms with Gasteiger partial charge in [-0.15, -0.1) is 0 Å². The quantitative estimate of drug-likeness (QED) is 0.246. The number of nitrogens with one attached hydrogen (secondary N) is 3. The van der Waals surface area contributed by atoms with Crippen molar-refractivity contribution in [3.63, 3.8) is 0 Å². The van der Waals surface area contributed by atoms with Gasteiger partial charge in [0.15, 0.2) is 0 Å². The minimum absolute atomic E-state index is 0.419. The highest BCUT2D eigenvalue weighted by Gasteiger charge is 2.23. The maximum Gasteiger partial charge on any atom is 0.233 e. The molecule has 1 saturated carbocycles. The van der Waals surface area contributed by atoms with Gasteiger partial charge in [-0.1, -0.05) is 32.6 Å². The van der Waals surface area contributed by atoms with Gasteiger partial charge in [-0.2, -0.15) is 15.0 Å². The predicted octanol–water partition coefficient (Wildman–Crippen LogP) is 5.65. The van der Waals surface area contributed by atoms with Gasteiger partial charge in [0.2, 0.25) is 17.8 Å². The lowest BCUT2D eigenvalue weighted by Crippen LogP contribution is -2.35. The summed E-state index contributed by atoms with van der Waals surface area (Å²) in [5.74, 6) is 2.70. The topological polar surface area (TPSA) is 87.2 Å². The molecule has 3 N–H and O–H groups in total. The third-order valence-corrected chi connectivity index (χ3v) is 7.56. The van der Waals surface area contributed by atoms with Crippen molar-refractivity contribution in [2.45, 2.75) is 77.3 Å². The molecule has 8 nitrogen and oxygen atoms in total. The number of likely N-dealkylation sites (N-methyl/N-ethyl adjacent to an activating group) is 1. The zero-order chi connectivity index (χ0) is 23.8. The number of benzene rings is 1. The van der Waals surface area contributed by atoms with E-state index >= 15 is 0 Å². The SMILES string of the molecule is CCOc1ccc(Nc2nc(NCC3CCCN3CC)nc(NC3CCCCCC3)n2)cc1I. The van der Waals surface area contributed by atoms with Crippen molar-refractivity contribution in [1.82, 2.24) is 19.9 Å². The smallest absolute Gasteiger partial charge is 0.233 e. The van der Waals surface area contributed by atoms with Crippen molar-refractivity contribution in [2.75, 3.05) is 42.2 Å². The highest BCUT2D eigenvalue weighted by Crippen LogP contribution is 2.27. The van der Waals surface area contributed by atoms with Gasteiger partial charge in [0.05, 0.1) is 10.2 Å². The number of halogens is 1. The zero-order valence-electron chi connectivity index (χ0n) is 20.4. The van der Waals surface area contributed by atoms with E-state index in [2.05, 4.69) is 56.4 Å². The number of anilines is 4. The third-order valence-electron chi connectivity index (χ3n) is 6.71. The Bertz CT molecular complexity index is 920. The number of hydrogen-bond acceptors (Lipinski definition) is 8. The van der Waals surface area contributed by atoms with Crippen molar-refractivity contribution in [2.24, 2.45) is 0 Å². The molecule has 186 valence electrons. The molecule has 34 heavy (non-hydrogen) atoms. The van der Waals surface area contributed by atoms with E-state index in [1.807, 2.05) is 19.1 Å². The fourth-order valence-electron chi connectivity index (χ4n) is 4.91. The van der Waals surface area contributed by atoms with Crippen LogP contribution in [-0.2, 0) is 0 Å². The molecule has 1 saturated heterocycles. The van der Waals surface area contributed by atoms with Gasteiger partial charge in [0, 0.05) is 24.3 Å². The molecule has 1 aliphatic heterocycles. The van der Waals surface area contributed by atoms with Crippen molar-refractivity contribution in [1.29, 1.82) is 0 Å². The average Bonchev–Trinajstić information content (AvgIpc) is 3.14. The molecule has 1 atom stereocenters. The summed E-state index contributed by atoms with van der Waals surface area (Å²) in [6.07, 6.45) is 9.98. The summed E-state index contributed by atoms with van der Waals surface area (Å²) in [5.41, 5.74) is 0.929. The lowest BCUT2D eigenvalue weighted by Gasteiger charge is -2.23. The van der Waals surface area contributed by atoms with E-state index in [-0.39, 0.29) is 0 Å². The van der Waals surface area contributed by atoms with Gasteiger partial charge in [0.1, 0.15) is 5.75 Å². The second kappa shape index (κ2) is 12.7. The fraction of sp³-hybridized carbons (Fsp3) is 0.640. The largest absolute Gasteiger partial charge is 0.493 e. The zero-order valence-corrected chi connectivity index (χ0v) is 22.6. The Balaban J connectivity index is 1.51. The first kappa shape index (κ1) is 25.2. The molecule has 2 aromatic rings. The van der Waals surface area contributed by atoms with E-state index < -0.39 is 0 Å². The normalized spacial score (nSPS) is 19.6.